The summed E-state index contributed by atoms with van der Waals surface area (Å²) in [7, 11) is -3.47. The van der Waals surface area contributed by atoms with Crippen LogP contribution >= 0.6 is 0 Å². The molecule has 1 aliphatic heterocycles. The monoisotopic (exact) mass is 257 g/mol. The first kappa shape index (κ1) is 12.8. The van der Waals surface area contributed by atoms with Gasteiger partial charge in [0.05, 0.1) is 6.07 Å². The van der Waals surface area contributed by atoms with Gasteiger partial charge in [0.25, 0.3) is 0 Å². The second-order valence-electron chi connectivity index (χ2n) is 4.90. The fourth-order valence-corrected chi connectivity index (χ4v) is 3.75. The molecule has 0 amide bonds. The first-order chi connectivity index (χ1) is 8.06. The lowest BCUT2D eigenvalue weighted by Crippen LogP contribution is -2.42. The molecule has 17 heavy (non-hydrogen) atoms. The summed E-state index contributed by atoms with van der Waals surface area (Å²) in [6.45, 7) is 3.49. The third kappa shape index (κ3) is 2.97. The number of likely N-dealkylation sites (tertiary alicyclic amines) is 1. The number of sulfonamides is 1. The van der Waals surface area contributed by atoms with E-state index in [1.807, 2.05) is 6.07 Å². The van der Waals surface area contributed by atoms with Crippen LogP contribution in [0.3, 0.4) is 0 Å². The Morgan fingerprint density at radius 1 is 1.47 bits per heavy atom. The van der Waals surface area contributed by atoms with Gasteiger partial charge < -0.3 is 0 Å². The van der Waals surface area contributed by atoms with Crippen LogP contribution in [0.15, 0.2) is 0 Å². The van der Waals surface area contributed by atoms with Crippen molar-refractivity contribution in [1.29, 1.82) is 5.26 Å². The summed E-state index contributed by atoms with van der Waals surface area (Å²) in [5.74, 6) is 0. The van der Waals surface area contributed by atoms with Crippen LogP contribution in [0.2, 0.25) is 0 Å². The summed E-state index contributed by atoms with van der Waals surface area (Å²) in [4.78, 5) is 2.35. The van der Waals surface area contributed by atoms with Crippen molar-refractivity contribution in [2.45, 2.75) is 49.9 Å². The van der Waals surface area contributed by atoms with Crippen LogP contribution in [0.5, 0.6) is 0 Å². The molecular weight excluding hydrogens is 238 g/mol. The van der Waals surface area contributed by atoms with Crippen LogP contribution in [0.4, 0.5) is 0 Å². The standard InChI is InChI=1S/C11H19N3O2S/c1-2-11(7-12)17(15,16)13-9-5-6-14(8-9)10-3-4-10/h9-11,13H,2-6,8H2,1H3. The molecule has 2 unspecified atom stereocenters. The van der Waals surface area contributed by atoms with E-state index in [-0.39, 0.29) is 6.04 Å². The molecule has 0 aromatic heterocycles. The Balaban J connectivity index is 1.90. The molecule has 2 rings (SSSR count). The van der Waals surface area contributed by atoms with E-state index >= 15 is 0 Å². The molecule has 1 saturated carbocycles. The normalized spacial score (nSPS) is 27.9. The molecule has 0 aromatic rings. The molecule has 0 radical (unpaired) electrons. The molecule has 1 saturated heterocycles. The highest BCUT2D eigenvalue weighted by Gasteiger charge is 2.36. The van der Waals surface area contributed by atoms with E-state index < -0.39 is 15.3 Å². The van der Waals surface area contributed by atoms with E-state index in [9.17, 15) is 8.42 Å². The fourth-order valence-electron chi connectivity index (χ4n) is 2.35. The maximum absolute atomic E-state index is 11.9. The van der Waals surface area contributed by atoms with E-state index in [2.05, 4.69) is 9.62 Å². The molecule has 2 atom stereocenters. The lowest BCUT2D eigenvalue weighted by atomic mass is 10.3. The minimum atomic E-state index is -3.47. The Hall–Kier alpha value is -0.640. The third-order valence-electron chi connectivity index (χ3n) is 3.50. The summed E-state index contributed by atoms with van der Waals surface area (Å²) in [6.07, 6.45) is 3.69. The van der Waals surface area contributed by atoms with Gasteiger partial charge >= 0.3 is 0 Å². The van der Waals surface area contributed by atoms with Crippen molar-refractivity contribution in [3.05, 3.63) is 0 Å². The van der Waals surface area contributed by atoms with Crippen LogP contribution in [-0.4, -0.2) is 43.7 Å². The quantitative estimate of drug-likeness (QED) is 0.776. The van der Waals surface area contributed by atoms with Crippen molar-refractivity contribution in [1.82, 2.24) is 9.62 Å². The van der Waals surface area contributed by atoms with E-state index in [1.54, 1.807) is 6.92 Å². The number of nitrogens with zero attached hydrogens (tertiary/aromatic N) is 2. The first-order valence-electron chi connectivity index (χ1n) is 6.21. The van der Waals surface area contributed by atoms with Gasteiger partial charge in [-0.2, -0.15) is 5.26 Å². The summed E-state index contributed by atoms with van der Waals surface area (Å²) in [6, 6.07) is 2.52. The van der Waals surface area contributed by atoms with Crippen LogP contribution in [0.25, 0.3) is 0 Å². The molecule has 2 fully saturated rings. The highest BCUT2D eigenvalue weighted by atomic mass is 32.2. The van der Waals surface area contributed by atoms with E-state index in [1.165, 1.54) is 12.8 Å². The summed E-state index contributed by atoms with van der Waals surface area (Å²) >= 11 is 0. The highest BCUT2D eigenvalue weighted by Crippen LogP contribution is 2.30. The zero-order valence-corrected chi connectivity index (χ0v) is 10.9. The van der Waals surface area contributed by atoms with Gasteiger partial charge in [-0.3, -0.25) is 4.90 Å². The predicted molar refractivity (Wildman–Crippen MR) is 64.7 cm³/mol. The molecule has 1 aliphatic carbocycles. The van der Waals surface area contributed by atoms with Gasteiger partial charge in [0.1, 0.15) is 0 Å². The topological polar surface area (TPSA) is 73.2 Å². The molecule has 0 spiro atoms. The van der Waals surface area contributed by atoms with E-state index in [4.69, 9.17) is 5.26 Å². The van der Waals surface area contributed by atoms with Gasteiger partial charge in [-0.15, -0.1) is 0 Å². The van der Waals surface area contributed by atoms with Gasteiger partial charge in [0, 0.05) is 25.2 Å². The van der Waals surface area contributed by atoms with Crippen molar-refractivity contribution in [2.24, 2.45) is 0 Å². The minimum absolute atomic E-state index is 0.0111. The van der Waals surface area contributed by atoms with E-state index in [0.717, 1.165) is 19.5 Å². The second kappa shape index (κ2) is 4.92. The van der Waals surface area contributed by atoms with Gasteiger partial charge in [-0.05, 0) is 25.7 Å². The average molecular weight is 257 g/mol. The Labute approximate surface area is 103 Å². The minimum Gasteiger partial charge on any atom is -0.299 e. The van der Waals surface area contributed by atoms with Crippen molar-refractivity contribution < 1.29 is 8.42 Å². The number of nitriles is 1. The highest BCUT2D eigenvalue weighted by molar-refractivity contribution is 7.90. The van der Waals surface area contributed by atoms with Crippen LogP contribution in [0.1, 0.15) is 32.6 Å². The molecule has 5 nitrogen and oxygen atoms in total. The van der Waals surface area contributed by atoms with Crippen molar-refractivity contribution in [3.8, 4) is 6.07 Å². The Kier molecular flexibility index (Phi) is 3.71. The van der Waals surface area contributed by atoms with Gasteiger partial charge in [0.15, 0.2) is 5.25 Å². The smallest absolute Gasteiger partial charge is 0.228 e. The Morgan fingerprint density at radius 2 is 2.18 bits per heavy atom. The maximum atomic E-state index is 11.9. The molecule has 2 aliphatic rings. The van der Waals surface area contributed by atoms with Gasteiger partial charge in [0.2, 0.25) is 10.0 Å². The molecular formula is C11H19N3O2S. The fraction of sp³-hybridized carbons (Fsp3) is 0.909. The van der Waals surface area contributed by atoms with Crippen molar-refractivity contribution in [2.75, 3.05) is 13.1 Å². The van der Waals surface area contributed by atoms with Crippen molar-refractivity contribution in [3.63, 3.8) is 0 Å². The number of hydrogen-bond acceptors (Lipinski definition) is 4. The predicted octanol–water partition coefficient (Wildman–Crippen LogP) is 0.445. The molecule has 6 heteroatoms. The zero-order chi connectivity index (χ0) is 12.5. The average Bonchev–Trinajstić information content (AvgIpc) is 3.02. The molecule has 0 bridgehead atoms. The summed E-state index contributed by atoms with van der Waals surface area (Å²) < 4.78 is 26.5. The largest absolute Gasteiger partial charge is 0.299 e. The summed E-state index contributed by atoms with van der Waals surface area (Å²) in [5.41, 5.74) is 0. The molecule has 0 aromatic carbocycles. The maximum Gasteiger partial charge on any atom is 0.228 e. The summed E-state index contributed by atoms with van der Waals surface area (Å²) in [5, 5.41) is 7.89. The molecule has 1 heterocycles. The van der Waals surface area contributed by atoms with E-state index in [0.29, 0.717) is 12.5 Å². The van der Waals surface area contributed by atoms with Gasteiger partial charge in [-0.1, -0.05) is 6.92 Å². The number of rotatable bonds is 5. The van der Waals surface area contributed by atoms with Crippen LogP contribution in [-0.2, 0) is 10.0 Å². The van der Waals surface area contributed by atoms with Crippen LogP contribution < -0.4 is 4.72 Å². The molecule has 96 valence electrons. The molecule has 1 N–H and O–H groups in total. The van der Waals surface area contributed by atoms with Crippen molar-refractivity contribution >= 4 is 10.0 Å². The van der Waals surface area contributed by atoms with Crippen LogP contribution in [0, 0.1) is 11.3 Å². The second-order valence-corrected chi connectivity index (χ2v) is 6.80. The lowest BCUT2D eigenvalue weighted by Gasteiger charge is -2.17. The zero-order valence-electron chi connectivity index (χ0n) is 10.1. The third-order valence-corrected chi connectivity index (χ3v) is 5.35. The first-order valence-corrected chi connectivity index (χ1v) is 7.76. The Bertz CT molecular complexity index is 411. The lowest BCUT2D eigenvalue weighted by molar-refractivity contribution is 0.322. The number of nitrogens with one attached hydrogen (secondary N) is 1. The van der Waals surface area contributed by atoms with Gasteiger partial charge in [-0.25, -0.2) is 13.1 Å². The Morgan fingerprint density at radius 3 is 2.71 bits per heavy atom. The number of hydrogen-bond donors (Lipinski definition) is 1. The SMILES string of the molecule is CCC(C#N)S(=O)(=O)NC1CCN(C2CC2)C1.